The summed E-state index contributed by atoms with van der Waals surface area (Å²) in [6, 6.07) is 14.4. The zero-order valence-electron chi connectivity index (χ0n) is 15.4. The van der Waals surface area contributed by atoms with E-state index in [1.807, 2.05) is 54.3 Å². The molecule has 0 radical (unpaired) electrons. The average Bonchev–Trinajstić information content (AvgIpc) is 2.66. The van der Waals surface area contributed by atoms with Gasteiger partial charge in [-0.25, -0.2) is 0 Å². The van der Waals surface area contributed by atoms with Crippen molar-refractivity contribution in [3.8, 4) is 5.75 Å². The second-order valence-electron chi connectivity index (χ2n) is 6.57. The summed E-state index contributed by atoms with van der Waals surface area (Å²) in [5.41, 5.74) is 2.17. The first kappa shape index (κ1) is 18.0. The van der Waals surface area contributed by atoms with Gasteiger partial charge < -0.3 is 15.0 Å². The minimum absolute atomic E-state index is 0.00763. The molecule has 0 spiro atoms. The van der Waals surface area contributed by atoms with E-state index in [1.165, 1.54) is 6.92 Å². The lowest BCUT2D eigenvalue weighted by Gasteiger charge is -2.39. The molecule has 0 saturated carbocycles. The molecule has 2 atom stereocenters. The van der Waals surface area contributed by atoms with Gasteiger partial charge in [0.2, 0.25) is 5.91 Å². The molecule has 0 aromatic heterocycles. The van der Waals surface area contributed by atoms with E-state index >= 15 is 0 Å². The molecule has 0 aliphatic carbocycles. The van der Waals surface area contributed by atoms with Gasteiger partial charge in [-0.2, -0.15) is 0 Å². The number of benzene rings is 2. The number of hydrogen-bond donors (Lipinski definition) is 1. The summed E-state index contributed by atoms with van der Waals surface area (Å²) in [6.45, 7) is 6.08. The highest BCUT2D eigenvalue weighted by molar-refractivity contribution is 5.98. The molecule has 136 valence electrons. The topological polar surface area (TPSA) is 58.6 Å². The summed E-state index contributed by atoms with van der Waals surface area (Å²) in [5, 5.41) is 2.95. The van der Waals surface area contributed by atoms with Crippen molar-refractivity contribution in [1.29, 1.82) is 0 Å². The highest BCUT2D eigenvalue weighted by Crippen LogP contribution is 2.36. The number of Topliss-reactive ketones (excluding diaryl/α,β-unsaturated/α-hetero) is 1. The summed E-state index contributed by atoms with van der Waals surface area (Å²) >= 11 is 0. The van der Waals surface area contributed by atoms with Crippen LogP contribution < -0.4 is 15.0 Å². The van der Waals surface area contributed by atoms with E-state index in [9.17, 15) is 9.59 Å². The van der Waals surface area contributed by atoms with Crippen LogP contribution in [-0.2, 0) is 4.79 Å². The number of rotatable bonds is 5. The van der Waals surface area contributed by atoms with Gasteiger partial charge >= 0.3 is 0 Å². The molecule has 1 aliphatic rings. The van der Waals surface area contributed by atoms with Gasteiger partial charge in [-0.05, 0) is 50.6 Å². The van der Waals surface area contributed by atoms with Gasteiger partial charge in [0.1, 0.15) is 17.9 Å². The monoisotopic (exact) mass is 352 g/mol. The van der Waals surface area contributed by atoms with Gasteiger partial charge in [-0.1, -0.05) is 25.1 Å². The SMILES string of the molecule is CCC1CN(C(C)C(=O)Nc2ccccc2)c2cc(C(C)=O)ccc2O1. The number of hydrogen-bond acceptors (Lipinski definition) is 4. The summed E-state index contributed by atoms with van der Waals surface area (Å²) in [4.78, 5) is 26.6. The van der Waals surface area contributed by atoms with Gasteiger partial charge in [-0.3, -0.25) is 9.59 Å². The lowest BCUT2D eigenvalue weighted by atomic mass is 10.0. The summed E-state index contributed by atoms with van der Waals surface area (Å²) < 4.78 is 6.01. The number of amides is 1. The number of nitrogens with zero attached hydrogens (tertiary/aromatic N) is 1. The molecule has 0 bridgehead atoms. The number of carbonyl (C=O) groups is 2. The molecule has 2 aromatic rings. The van der Waals surface area contributed by atoms with Crippen molar-refractivity contribution >= 4 is 23.1 Å². The lowest BCUT2D eigenvalue weighted by Crippen LogP contribution is -2.49. The molecule has 2 unspecified atom stereocenters. The average molecular weight is 352 g/mol. The maximum Gasteiger partial charge on any atom is 0.246 e. The van der Waals surface area contributed by atoms with E-state index in [0.717, 1.165) is 17.8 Å². The predicted molar refractivity (Wildman–Crippen MR) is 103 cm³/mol. The van der Waals surface area contributed by atoms with Crippen LogP contribution in [0, 0.1) is 0 Å². The van der Waals surface area contributed by atoms with Crippen LogP contribution in [0.2, 0.25) is 0 Å². The van der Waals surface area contributed by atoms with E-state index in [2.05, 4.69) is 12.2 Å². The predicted octanol–water partition coefficient (Wildman–Crippen LogP) is 3.89. The fourth-order valence-corrected chi connectivity index (χ4v) is 3.08. The molecule has 1 heterocycles. The highest BCUT2D eigenvalue weighted by Gasteiger charge is 2.31. The Balaban J connectivity index is 1.89. The summed E-state index contributed by atoms with van der Waals surface area (Å²) in [5.74, 6) is 0.617. The van der Waals surface area contributed by atoms with Crippen LogP contribution in [-0.4, -0.2) is 30.4 Å². The van der Waals surface area contributed by atoms with E-state index in [0.29, 0.717) is 17.9 Å². The molecule has 26 heavy (non-hydrogen) atoms. The van der Waals surface area contributed by atoms with E-state index in [4.69, 9.17) is 4.74 Å². The molecule has 5 heteroatoms. The first-order chi connectivity index (χ1) is 12.5. The number of ether oxygens (including phenoxy) is 1. The maximum absolute atomic E-state index is 12.8. The van der Waals surface area contributed by atoms with Crippen molar-refractivity contribution in [3.05, 3.63) is 54.1 Å². The Kier molecular flexibility index (Phi) is 5.26. The lowest BCUT2D eigenvalue weighted by molar-refractivity contribution is -0.117. The van der Waals surface area contributed by atoms with Gasteiger partial charge in [0.15, 0.2) is 5.78 Å². The first-order valence-corrected chi connectivity index (χ1v) is 8.93. The van der Waals surface area contributed by atoms with Crippen LogP contribution in [0.15, 0.2) is 48.5 Å². The van der Waals surface area contributed by atoms with Gasteiger partial charge in [0.05, 0.1) is 12.2 Å². The van der Waals surface area contributed by atoms with E-state index in [-0.39, 0.29) is 17.8 Å². The molecule has 0 saturated heterocycles. The molecule has 0 fully saturated rings. The zero-order valence-corrected chi connectivity index (χ0v) is 15.4. The van der Waals surface area contributed by atoms with E-state index in [1.54, 1.807) is 6.07 Å². The Morgan fingerprint density at radius 1 is 1.23 bits per heavy atom. The molecular weight excluding hydrogens is 328 g/mol. The second-order valence-corrected chi connectivity index (χ2v) is 6.57. The maximum atomic E-state index is 12.8. The number of para-hydroxylation sites is 1. The minimum Gasteiger partial charge on any atom is -0.486 e. The number of nitrogens with one attached hydrogen (secondary N) is 1. The van der Waals surface area contributed by atoms with Gasteiger partial charge in [0, 0.05) is 11.3 Å². The smallest absolute Gasteiger partial charge is 0.246 e. The summed E-state index contributed by atoms with van der Waals surface area (Å²) in [7, 11) is 0. The Bertz CT molecular complexity index is 804. The number of fused-ring (bicyclic) bond motifs is 1. The van der Waals surface area contributed by atoms with Crippen LogP contribution in [0.5, 0.6) is 5.75 Å². The number of anilines is 2. The third-order valence-corrected chi connectivity index (χ3v) is 4.71. The molecular formula is C21H24N2O3. The quantitative estimate of drug-likeness (QED) is 0.829. The normalized spacial score (nSPS) is 17.0. The molecule has 1 aliphatic heterocycles. The third kappa shape index (κ3) is 3.72. The largest absolute Gasteiger partial charge is 0.486 e. The van der Waals surface area contributed by atoms with Crippen molar-refractivity contribution < 1.29 is 14.3 Å². The molecule has 2 aromatic carbocycles. The first-order valence-electron chi connectivity index (χ1n) is 8.93. The Labute approximate surface area is 154 Å². The molecule has 5 nitrogen and oxygen atoms in total. The van der Waals surface area contributed by atoms with Crippen LogP contribution in [0.1, 0.15) is 37.6 Å². The summed E-state index contributed by atoms with van der Waals surface area (Å²) in [6.07, 6.45) is 0.856. The fraction of sp³-hybridized carbons (Fsp3) is 0.333. The zero-order chi connectivity index (χ0) is 18.7. The van der Waals surface area contributed by atoms with Gasteiger partial charge in [-0.15, -0.1) is 0 Å². The van der Waals surface area contributed by atoms with Crippen molar-refractivity contribution in [2.24, 2.45) is 0 Å². The number of carbonyl (C=O) groups excluding carboxylic acids is 2. The Morgan fingerprint density at radius 3 is 2.62 bits per heavy atom. The fourth-order valence-electron chi connectivity index (χ4n) is 3.08. The van der Waals surface area contributed by atoms with Crippen molar-refractivity contribution in [3.63, 3.8) is 0 Å². The standard InChI is InChI=1S/C21H24N2O3/c1-4-18-13-23(14(2)21(25)22-17-8-6-5-7-9-17)19-12-16(15(3)24)10-11-20(19)26-18/h5-12,14,18H,4,13H2,1-3H3,(H,22,25). The molecule has 1 amide bonds. The van der Waals surface area contributed by atoms with Crippen LogP contribution in [0.3, 0.4) is 0 Å². The Morgan fingerprint density at radius 2 is 1.96 bits per heavy atom. The van der Waals surface area contributed by atoms with E-state index < -0.39 is 6.04 Å². The van der Waals surface area contributed by atoms with Crippen molar-refractivity contribution in [2.75, 3.05) is 16.8 Å². The van der Waals surface area contributed by atoms with Crippen LogP contribution >= 0.6 is 0 Å². The minimum atomic E-state index is -0.394. The van der Waals surface area contributed by atoms with Crippen molar-refractivity contribution in [2.45, 2.75) is 39.3 Å². The highest BCUT2D eigenvalue weighted by atomic mass is 16.5. The second kappa shape index (κ2) is 7.60. The number of ketones is 1. The van der Waals surface area contributed by atoms with Gasteiger partial charge in [0.25, 0.3) is 0 Å². The van der Waals surface area contributed by atoms with Crippen LogP contribution in [0.4, 0.5) is 11.4 Å². The molecule has 1 N–H and O–H groups in total. The van der Waals surface area contributed by atoms with Crippen molar-refractivity contribution in [1.82, 2.24) is 0 Å². The Hall–Kier alpha value is -2.82. The molecule has 3 rings (SSSR count). The third-order valence-electron chi connectivity index (χ3n) is 4.71. The van der Waals surface area contributed by atoms with Crippen LogP contribution in [0.25, 0.3) is 0 Å².